The molecule has 0 aliphatic heterocycles. The van der Waals surface area contributed by atoms with Crippen LogP contribution in [0.5, 0.6) is 0 Å². The Morgan fingerprint density at radius 1 is 1.10 bits per heavy atom. The first kappa shape index (κ1) is 15.5. The van der Waals surface area contributed by atoms with Crippen molar-refractivity contribution < 1.29 is 9.59 Å². The molecular weight excluding hydrogens is 356 g/mol. The van der Waals surface area contributed by atoms with Crippen LogP contribution in [0.25, 0.3) is 0 Å². The van der Waals surface area contributed by atoms with Crippen LogP contribution < -0.4 is 10.6 Å². The highest BCUT2D eigenvalue weighted by Gasteiger charge is 2.10. The number of hydrogen-bond acceptors (Lipinski definition) is 2. The van der Waals surface area contributed by atoms with Crippen LogP contribution in [0.1, 0.15) is 17.3 Å². The molecule has 0 atom stereocenters. The highest BCUT2D eigenvalue weighted by molar-refractivity contribution is 9.10. The third kappa shape index (κ3) is 4.06. The molecule has 0 heterocycles. The molecule has 0 unspecified atom stereocenters. The highest BCUT2D eigenvalue weighted by Crippen LogP contribution is 2.26. The van der Waals surface area contributed by atoms with Crippen molar-refractivity contribution in [2.24, 2.45) is 0 Å². The number of anilines is 2. The van der Waals surface area contributed by atoms with Crippen LogP contribution >= 0.6 is 27.5 Å². The third-order valence-corrected chi connectivity index (χ3v) is 3.66. The van der Waals surface area contributed by atoms with E-state index in [4.69, 9.17) is 11.6 Å². The van der Waals surface area contributed by atoms with Crippen LogP contribution in [0, 0.1) is 0 Å². The Morgan fingerprint density at radius 2 is 1.81 bits per heavy atom. The fourth-order valence-electron chi connectivity index (χ4n) is 1.73. The quantitative estimate of drug-likeness (QED) is 0.849. The van der Waals surface area contributed by atoms with Crippen LogP contribution in [0.2, 0.25) is 5.02 Å². The topological polar surface area (TPSA) is 58.2 Å². The number of amides is 2. The fourth-order valence-corrected chi connectivity index (χ4v) is 2.42. The first-order valence-electron chi connectivity index (χ1n) is 6.10. The summed E-state index contributed by atoms with van der Waals surface area (Å²) >= 11 is 9.39. The summed E-state index contributed by atoms with van der Waals surface area (Å²) in [5.74, 6) is -0.451. The predicted octanol–water partition coefficient (Wildman–Crippen LogP) is 4.31. The van der Waals surface area contributed by atoms with Gasteiger partial charge in [0.25, 0.3) is 5.91 Å². The molecule has 0 aliphatic rings. The van der Waals surface area contributed by atoms with Gasteiger partial charge in [0, 0.05) is 17.1 Å². The molecule has 2 amide bonds. The monoisotopic (exact) mass is 366 g/mol. The van der Waals surface area contributed by atoms with E-state index in [1.807, 2.05) is 6.07 Å². The van der Waals surface area contributed by atoms with Crippen LogP contribution in [0.4, 0.5) is 11.4 Å². The molecule has 6 heteroatoms. The van der Waals surface area contributed by atoms with Gasteiger partial charge in [0.1, 0.15) is 0 Å². The Morgan fingerprint density at radius 3 is 2.43 bits per heavy atom. The number of hydrogen-bond donors (Lipinski definition) is 2. The van der Waals surface area contributed by atoms with Gasteiger partial charge in [-0.2, -0.15) is 0 Å². The van der Waals surface area contributed by atoms with E-state index in [-0.39, 0.29) is 11.8 Å². The van der Waals surface area contributed by atoms with Gasteiger partial charge >= 0.3 is 0 Å². The van der Waals surface area contributed by atoms with Gasteiger partial charge in [0.05, 0.1) is 16.3 Å². The van der Waals surface area contributed by atoms with Crippen molar-refractivity contribution in [3.63, 3.8) is 0 Å². The molecule has 2 N–H and O–H groups in total. The highest BCUT2D eigenvalue weighted by atomic mass is 79.9. The lowest BCUT2D eigenvalue weighted by Crippen LogP contribution is -2.13. The largest absolute Gasteiger partial charge is 0.325 e. The first-order chi connectivity index (χ1) is 9.97. The molecule has 108 valence electrons. The molecule has 2 aromatic carbocycles. The van der Waals surface area contributed by atoms with Crippen molar-refractivity contribution in [2.75, 3.05) is 10.6 Å². The molecule has 4 nitrogen and oxygen atoms in total. The maximum Gasteiger partial charge on any atom is 0.256 e. The van der Waals surface area contributed by atoms with Crippen LogP contribution in [0.3, 0.4) is 0 Å². The fraction of sp³-hybridized carbons (Fsp3) is 0.0667. The van der Waals surface area contributed by atoms with Gasteiger partial charge in [-0.05, 0) is 46.3 Å². The molecule has 0 aliphatic carbocycles. The summed E-state index contributed by atoms with van der Waals surface area (Å²) in [4.78, 5) is 23.2. The number of halogens is 2. The van der Waals surface area contributed by atoms with Gasteiger partial charge in [-0.25, -0.2) is 0 Å². The van der Waals surface area contributed by atoms with Gasteiger partial charge in [0.2, 0.25) is 5.91 Å². The summed E-state index contributed by atoms with van der Waals surface area (Å²) < 4.78 is 0.712. The molecule has 2 aromatic rings. The molecule has 0 saturated carbocycles. The smallest absolute Gasteiger partial charge is 0.256 e. The molecule has 0 radical (unpaired) electrons. The second kappa shape index (κ2) is 6.74. The maximum absolute atomic E-state index is 12.2. The van der Waals surface area contributed by atoms with E-state index in [2.05, 4.69) is 26.6 Å². The van der Waals surface area contributed by atoms with Crippen LogP contribution in [-0.2, 0) is 4.79 Å². The lowest BCUT2D eigenvalue weighted by molar-refractivity contribution is -0.114. The minimum Gasteiger partial charge on any atom is -0.325 e. The number of carbonyl (C=O) groups is 2. The molecule has 0 aromatic heterocycles. The average molecular weight is 368 g/mol. The van der Waals surface area contributed by atoms with E-state index in [1.54, 1.807) is 36.4 Å². The molecule has 0 fully saturated rings. The number of benzene rings is 2. The zero-order chi connectivity index (χ0) is 15.4. The van der Waals surface area contributed by atoms with E-state index in [1.165, 1.54) is 6.92 Å². The Kier molecular flexibility index (Phi) is 4.98. The van der Waals surface area contributed by atoms with Gasteiger partial charge in [-0.3, -0.25) is 9.59 Å². The summed E-state index contributed by atoms with van der Waals surface area (Å²) in [5, 5.41) is 5.71. The summed E-state index contributed by atoms with van der Waals surface area (Å²) in [6.45, 7) is 1.40. The number of nitrogens with one attached hydrogen (secondary N) is 2. The first-order valence-corrected chi connectivity index (χ1v) is 7.27. The van der Waals surface area contributed by atoms with Crippen molar-refractivity contribution in [3.8, 4) is 0 Å². The predicted molar refractivity (Wildman–Crippen MR) is 87.9 cm³/mol. The molecule has 0 saturated heterocycles. The van der Waals surface area contributed by atoms with E-state index in [0.29, 0.717) is 26.4 Å². The summed E-state index contributed by atoms with van der Waals surface area (Å²) in [6, 6.07) is 12.0. The summed E-state index contributed by atoms with van der Waals surface area (Å²) in [6.07, 6.45) is 0. The minimum absolute atomic E-state index is 0.207. The van der Waals surface area contributed by atoms with E-state index < -0.39 is 0 Å². The van der Waals surface area contributed by atoms with Gasteiger partial charge < -0.3 is 10.6 Å². The van der Waals surface area contributed by atoms with E-state index in [0.717, 1.165) is 0 Å². The molecule has 21 heavy (non-hydrogen) atoms. The number of carbonyl (C=O) groups excluding carboxylic acids is 2. The second-order valence-electron chi connectivity index (χ2n) is 4.31. The lowest BCUT2D eigenvalue weighted by Gasteiger charge is -2.10. The molecular formula is C15H12BrClN2O2. The van der Waals surface area contributed by atoms with E-state index in [9.17, 15) is 9.59 Å². The zero-order valence-electron chi connectivity index (χ0n) is 11.1. The Labute approximate surface area is 135 Å². The van der Waals surface area contributed by atoms with Crippen LogP contribution in [-0.4, -0.2) is 11.8 Å². The van der Waals surface area contributed by atoms with Crippen molar-refractivity contribution in [2.45, 2.75) is 6.92 Å². The molecule has 2 rings (SSSR count). The maximum atomic E-state index is 12.2. The van der Waals surface area contributed by atoms with Crippen LogP contribution in [0.15, 0.2) is 46.9 Å². The van der Waals surface area contributed by atoms with Crippen molar-refractivity contribution in [3.05, 3.63) is 57.5 Å². The van der Waals surface area contributed by atoms with Gasteiger partial charge in [0.15, 0.2) is 0 Å². The van der Waals surface area contributed by atoms with Crippen molar-refractivity contribution in [1.82, 2.24) is 0 Å². The number of rotatable bonds is 3. The third-order valence-electron chi connectivity index (χ3n) is 2.66. The summed E-state index contributed by atoms with van der Waals surface area (Å²) in [5.41, 5.74) is 1.58. The normalized spacial score (nSPS) is 10.0. The second-order valence-corrected chi connectivity index (χ2v) is 5.57. The molecule has 0 bridgehead atoms. The Bertz CT molecular complexity index is 704. The Balaban J connectivity index is 2.17. The lowest BCUT2D eigenvalue weighted by atomic mass is 10.2. The van der Waals surface area contributed by atoms with Crippen molar-refractivity contribution >= 4 is 50.7 Å². The van der Waals surface area contributed by atoms with E-state index >= 15 is 0 Å². The van der Waals surface area contributed by atoms with Gasteiger partial charge in [-0.1, -0.05) is 23.7 Å². The average Bonchev–Trinajstić information content (AvgIpc) is 2.42. The SMILES string of the molecule is CC(=O)Nc1ccc(NC(=O)c2ccccc2Br)cc1Cl. The summed E-state index contributed by atoms with van der Waals surface area (Å²) in [7, 11) is 0. The zero-order valence-corrected chi connectivity index (χ0v) is 13.5. The van der Waals surface area contributed by atoms with Gasteiger partial charge in [-0.15, -0.1) is 0 Å². The Hall–Kier alpha value is -1.85. The van der Waals surface area contributed by atoms with Crippen molar-refractivity contribution in [1.29, 1.82) is 0 Å². The minimum atomic E-state index is -0.245. The molecule has 0 spiro atoms. The standard InChI is InChI=1S/C15H12BrClN2O2/c1-9(20)18-14-7-6-10(8-13(14)17)19-15(21)11-4-2-3-5-12(11)16/h2-8H,1H3,(H,18,20)(H,19,21).